The lowest BCUT2D eigenvalue weighted by Gasteiger charge is -2.14. The molecule has 1 aliphatic heterocycles. The van der Waals surface area contributed by atoms with Gasteiger partial charge in [-0.3, -0.25) is 19.8 Å². The number of hydrogen-bond acceptors (Lipinski definition) is 6. The van der Waals surface area contributed by atoms with Gasteiger partial charge in [0.1, 0.15) is 6.23 Å². The van der Waals surface area contributed by atoms with Gasteiger partial charge >= 0.3 is 5.69 Å². The van der Waals surface area contributed by atoms with Crippen molar-refractivity contribution in [3.05, 3.63) is 43.0 Å². The summed E-state index contributed by atoms with van der Waals surface area (Å²) in [7, 11) is 0. The first kappa shape index (κ1) is 18.2. The number of aromatic amines is 1. The Morgan fingerprint density at radius 1 is 1.65 bits per heavy atom. The van der Waals surface area contributed by atoms with E-state index in [0.717, 1.165) is 0 Å². The zero-order chi connectivity index (χ0) is 17.6. The van der Waals surface area contributed by atoms with Crippen molar-refractivity contribution in [3.63, 3.8) is 0 Å². The molecule has 3 atom stereocenters. The largest absolute Gasteiger partial charge is 0.394 e. The number of hydrogen-bond donors (Lipinski definition) is 5. The number of azide groups is 1. The van der Waals surface area contributed by atoms with Gasteiger partial charge in [-0.2, -0.15) is 0 Å². The lowest BCUT2D eigenvalue weighted by Crippen LogP contribution is -2.33. The number of aliphatic hydroxyl groups is 1. The Kier molecular flexibility index (Phi) is 6.33. The highest BCUT2D eigenvalue weighted by Crippen LogP contribution is 2.29. The van der Waals surface area contributed by atoms with Crippen LogP contribution in [0.5, 0.6) is 0 Å². The van der Waals surface area contributed by atoms with Crippen LogP contribution in [0.4, 0.5) is 0 Å². The van der Waals surface area contributed by atoms with Crippen LogP contribution in [0.15, 0.2) is 20.9 Å². The highest BCUT2D eigenvalue weighted by atomic mass is 16.5. The van der Waals surface area contributed by atoms with Crippen molar-refractivity contribution in [3.8, 4) is 0 Å². The van der Waals surface area contributed by atoms with Gasteiger partial charge in [-0.25, -0.2) is 4.79 Å². The molecule has 12 heteroatoms. The van der Waals surface area contributed by atoms with Crippen molar-refractivity contribution >= 4 is 5.96 Å². The van der Waals surface area contributed by atoms with Gasteiger partial charge in [0.05, 0.1) is 18.8 Å². The number of aryl methyl sites for hydroxylation is 1. The number of H-pyrrole nitrogens is 1. The number of guanidine groups is 1. The third kappa shape index (κ3) is 4.85. The fourth-order valence-electron chi connectivity index (χ4n) is 2.04. The first-order chi connectivity index (χ1) is 10.8. The van der Waals surface area contributed by atoms with E-state index in [1.54, 1.807) is 6.92 Å². The number of aliphatic hydroxyl groups excluding tert-OH is 1. The summed E-state index contributed by atoms with van der Waals surface area (Å²) >= 11 is 0. The fraction of sp³-hybridized carbons (Fsp3) is 0.545. The molecule has 2 rings (SSSR count). The van der Waals surface area contributed by atoms with Gasteiger partial charge in [0.2, 0.25) is 0 Å². The molecule has 2 heterocycles. The average molecular weight is 326 g/mol. The van der Waals surface area contributed by atoms with E-state index in [4.69, 9.17) is 20.8 Å². The molecule has 0 radical (unpaired) electrons. The van der Waals surface area contributed by atoms with Gasteiger partial charge in [0.15, 0.2) is 5.96 Å². The SMILES string of the molecule is Cc1cn([C@H]2C[C@H](N=[N+]=[N-])[C@@H](CO)O2)c(=O)[nH]c1=O.N=C(N)N. The Hall–Kier alpha value is -2.82. The van der Waals surface area contributed by atoms with Gasteiger partial charge in [-0.05, 0) is 12.5 Å². The van der Waals surface area contributed by atoms with Crippen LogP contribution in [0.1, 0.15) is 18.2 Å². The first-order valence-electron chi connectivity index (χ1n) is 6.52. The molecular formula is C11H18N8O4. The summed E-state index contributed by atoms with van der Waals surface area (Å²) < 4.78 is 6.69. The van der Waals surface area contributed by atoms with E-state index in [0.29, 0.717) is 5.56 Å². The molecule has 0 aliphatic carbocycles. The van der Waals surface area contributed by atoms with E-state index in [1.165, 1.54) is 10.8 Å². The number of rotatable bonds is 3. The molecule has 0 unspecified atom stereocenters. The van der Waals surface area contributed by atoms with E-state index < -0.39 is 29.6 Å². The van der Waals surface area contributed by atoms with Gasteiger partial charge in [-0.1, -0.05) is 5.11 Å². The zero-order valence-corrected chi connectivity index (χ0v) is 12.3. The second-order valence-corrected chi connectivity index (χ2v) is 4.75. The van der Waals surface area contributed by atoms with Crippen LogP contribution in [0, 0.1) is 12.3 Å². The Morgan fingerprint density at radius 2 is 2.26 bits per heavy atom. The van der Waals surface area contributed by atoms with Gasteiger partial charge in [0.25, 0.3) is 5.56 Å². The Balaban J connectivity index is 0.000000593. The predicted octanol–water partition coefficient (Wildman–Crippen LogP) is -1.36. The molecule has 126 valence electrons. The van der Waals surface area contributed by atoms with E-state index in [-0.39, 0.29) is 19.0 Å². The lowest BCUT2D eigenvalue weighted by molar-refractivity contribution is -0.0271. The number of aromatic nitrogens is 2. The maximum Gasteiger partial charge on any atom is 0.330 e. The molecule has 0 bridgehead atoms. The normalized spacial score (nSPS) is 22.6. The third-order valence-corrected chi connectivity index (χ3v) is 3.04. The third-order valence-electron chi connectivity index (χ3n) is 3.04. The van der Waals surface area contributed by atoms with E-state index >= 15 is 0 Å². The highest BCUT2D eigenvalue weighted by Gasteiger charge is 2.35. The predicted molar refractivity (Wildman–Crippen MR) is 80.7 cm³/mol. The second kappa shape index (κ2) is 7.98. The molecule has 1 aromatic heterocycles. The monoisotopic (exact) mass is 326 g/mol. The molecule has 0 saturated carbocycles. The molecule has 23 heavy (non-hydrogen) atoms. The highest BCUT2D eigenvalue weighted by molar-refractivity contribution is 5.71. The number of ether oxygens (including phenoxy) is 1. The molecule has 7 N–H and O–H groups in total. The quantitative estimate of drug-likeness (QED) is 0.149. The summed E-state index contributed by atoms with van der Waals surface area (Å²) in [5.74, 6) is -0.333. The number of nitrogens with two attached hydrogens (primary N) is 2. The summed E-state index contributed by atoms with van der Waals surface area (Å²) in [6.45, 7) is 1.26. The molecule has 0 aromatic carbocycles. The number of nitrogens with one attached hydrogen (secondary N) is 2. The van der Waals surface area contributed by atoms with Crippen LogP contribution >= 0.6 is 0 Å². The summed E-state index contributed by atoms with van der Waals surface area (Å²) in [6, 6.07) is -0.542. The molecule has 0 amide bonds. The van der Waals surface area contributed by atoms with Crippen LogP contribution in [0.2, 0.25) is 0 Å². The summed E-state index contributed by atoms with van der Waals surface area (Å²) in [5.41, 5.74) is 16.7. The van der Waals surface area contributed by atoms with Crippen molar-refractivity contribution < 1.29 is 9.84 Å². The molecule has 1 aliphatic rings. The van der Waals surface area contributed by atoms with E-state index in [1.807, 2.05) is 0 Å². The Morgan fingerprint density at radius 3 is 2.78 bits per heavy atom. The topological polar surface area (TPSA) is 209 Å². The average Bonchev–Trinajstić information content (AvgIpc) is 2.85. The smallest absolute Gasteiger partial charge is 0.330 e. The number of nitrogens with zero attached hydrogens (tertiary/aromatic N) is 4. The summed E-state index contributed by atoms with van der Waals surface area (Å²) in [4.78, 5) is 27.8. The minimum absolute atomic E-state index is 0.265. The van der Waals surface area contributed by atoms with Gasteiger partial charge in [-0.15, -0.1) is 0 Å². The lowest BCUT2D eigenvalue weighted by atomic mass is 10.1. The Labute approximate surface area is 129 Å². The minimum Gasteiger partial charge on any atom is -0.394 e. The molecule has 1 fully saturated rings. The van der Waals surface area contributed by atoms with Crippen molar-refractivity contribution in [1.82, 2.24) is 9.55 Å². The van der Waals surface area contributed by atoms with E-state index in [2.05, 4.69) is 26.5 Å². The maximum atomic E-state index is 11.7. The van der Waals surface area contributed by atoms with Crippen LogP contribution < -0.4 is 22.7 Å². The van der Waals surface area contributed by atoms with Crippen LogP contribution in [0.25, 0.3) is 10.4 Å². The maximum absolute atomic E-state index is 11.7. The zero-order valence-electron chi connectivity index (χ0n) is 12.3. The Bertz CT molecular complexity index is 715. The standard InChI is InChI=1S/C10H13N5O4.CH5N3/c1-5-3-15(10(18)12-9(5)17)8-2-6(13-14-11)7(4-16)19-8;2-1(3)4/h3,6-8,16H,2,4H2,1H3,(H,12,17,18);(H5,2,3,4)/t6-,7+,8+;/m0./s1. The van der Waals surface area contributed by atoms with Crippen molar-refractivity contribution in [2.75, 3.05) is 6.61 Å². The molecule has 1 aromatic rings. The summed E-state index contributed by atoms with van der Waals surface area (Å²) in [6.07, 6.45) is 0.329. The van der Waals surface area contributed by atoms with Crippen molar-refractivity contribution in [2.24, 2.45) is 16.6 Å². The molecule has 12 nitrogen and oxygen atoms in total. The van der Waals surface area contributed by atoms with Crippen LogP contribution in [0.3, 0.4) is 0 Å². The van der Waals surface area contributed by atoms with Gasteiger partial charge in [0, 0.05) is 23.1 Å². The first-order valence-corrected chi connectivity index (χ1v) is 6.52. The van der Waals surface area contributed by atoms with Crippen LogP contribution in [-0.4, -0.2) is 39.4 Å². The van der Waals surface area contributed by atoms with Gasteiger partial charge < -0.3 is 21.3 Å². The molecule has 0 spiro atoms. The molecule has 1 saturated heterocycles. The van der Waals surface area contributed by atoms with E-state index in [9.17, 15) is 9.59 Å². The molecular weight excluding hydrogens is 308 g/mol. The second-order valence-electron chi connectivity index (χ2n) is 4.75. The summed E-state index contributed by atoms with van der Waals surface area (Å²) in [5, 5.41) is 18.7. The van der Waals surface area contributed by atoms with Crippen molar-refractivity contribution in [2.45, 2.75) is 31.7 Å². The minimum atomic E-state index is -0.671. The van der Waals surface area contributed by atoms with Crippen molar-refractivity contribution in [1.29, 1.82) is 5.41 Å². The van der Waals surface area contributed by atoms with Crippen LogP contribution in [-0.2, 0) is 4.74 Å². The fourth-order valence-corrected chi connectivity index (χ4v) is 2.04.